The standard InChI is InChI=1S/C12H17N3O5/c1-2-5-19-6-7-20-11-4-3-9(12(13)14-16)8-10(11)15(17)18/h3-4,8,16H,2,5-7H2,1H3,(H2,13,14). The van der Waals surface area contributed by atoms with Crippen molar-refractivity contribution in [2.75, 3.05) is 19.8 Å². The fourth-order valence-electron chi connectivity index (χ4n) is 1.46. The van der Waals surface area contributed by atoms with Crippen molar-refractivity contribution >= 4 is 11.5 Å². The largest absolute Gasteiger partial charge is 0.484 e. The van der Waals surface area contributed by atoms with Gasteiger partial charge in [0.25, 0.3) is 0 Å². The summed E-state index contributed by atoms with van der Waals surface area (Å²) in [6.45, 7) is 3.17. The van der Waals surface area contributed by atoms with Crippen LogP contribution in [0.15, 0.2) is 23.4 Å². The van der Waals surface area contributed by atoms with Gasteiger partial charge in [-0.25, -0.2) is 0 Å². The molecule has 0 amide bonds. The zero-order chi connectivity index (χ0) is 15.0. The SMILES string of the molecule is CCCOCCOc1ccc(C(N)=NO)cc1[N+](=O)[O-]. The van der Waals surface area contributed by atoms with E-state index in [-0.39, 0.29) is 29.4 Å². The van der Waals surface area contributed by atoms with Crippen LogP contribution in [0, 0.1) is 10.1 Å². The summed E-state index contributed by atoms with van der Waals surface area (Å²) >= 11 is 0. The van der Waals surface area contributed by atoms with E-state index in [2.05, 4.69) is 5.16 Å². The Balaban J connectivity index is 2.78. The Kier molecular flexibility index (Phi) is 6.24. The summed E-state index contributed by atoms with van der Waals surface area (Å²) in [5, 5.41) is 22.3. The number of nitro benzene ring substituents is 1. The molecule has 0 aliphatic carbocycles. The van der Waals surface area contributed by atoms with Crippen molar-refractivity contribution in [3.05, 3.63) is 33.9 Å². The highest BCUT2D eigenvalue weighted by molar-refractivity contribution is 5.97. The fourth-order valence-corrected chi connectivity index (χ4v) is 1.46. The van der Waals surface area contributed by atoms with E-state index >= 15 is 0 Å². The first-order valence-electron chi connectivity index (χ1n) is 6.07. The molecule has 0 radical (unpaired) electrons. The van der Waals surface area contributed by atoms with Gasteiger partial charge in [-0.2, -0.15) is 0 Å². The van der Waals surface area contributed by atoms with Crippen molar-refractivity contribution in [1.29, 1.82) is 0 Å². The second kappa shape index (κ2) is 7.95. The molecule has 20 heavy (non-hydrogen) atoms. The molecule has 0 fully saturated rings. The van der Waals surface area contributed by atoms with E-state index in [9.17, 15) is 10.1 Å². The predicted molar refractivity (Wildman–Crippen MR) is 72.2 cm³/mol. The molecule has 8 nitrogen and oxygen atoms in total. The molecule has 0 spiro atoms. The fraction of sp³-hybridized carbons (Fsp3) is 0.417. The molecule has 0 atom stereocenters. The van der Waals surface area contributed by atoms with E-state index in [0.29, 0.717) is 13.2 Å². The van der Waals surface area contributed by atoms with Crippen LogP contribution in [-0.2, 0) is 4.74 Å². The molecule has 0 bridgehead atoms. The summed E-state index contributed by atoms with van der Waals surface area (Å²) in [5.74, 6) is -0.0875. The normalized spacial score (nSPS) is 11.3. The third kappa shape index (κ3) is 4.39. The number of nitro groups is 1. The van der Waals surface area contributed by atoms with E-state index in [1.54, 1.807) is 0 Å². The average Bonchev–Trinajstić information content (AvgIpc) is 2.46. The number of nitrogens with two attached hydrogens (primary N) is 1. The van der Waals surface area contributed by atoms with Crippen molar-refractivity contribution in [3.63, 3.8) is 0 Å². The monoisotopic (exact) mass is 283 g/mol. The molecule has 110 valence electrons. The minimum absolute atomic E-state index is 0.115. The summed E-state index contributed by atoms with van der Waals surface area (Å²) in [7, 11) is 0. The van der Waals surface area contributed by atoms with Gasteiger partial charge < -0.3 is 20.4 Å². The summed E-state index contributed by atoms with van der Waals surface area (Å²) in [6.07, 6.45) is 0.897. The van der Waals surface area contributed by atoms with Crippen LogP contribution in [0.3, 0.4) is 0 Å². The molecule has 0 unspecified atom stereocenters. The molecule has 0 aliphatic heterocycles. The molecule has 0 aromatic heterocycles. The lowest BCUT2D eigenvalue weighted by atomic mass is 10.1. The highest BCUT2D eigenvalue weighted by atomic mass is 16.6. The molecule has 3 N–H and O–H groups in total. The van der Waals surface area contributed by atoms with Crippen LogP contribution in [0.2, 0.25) is 0 Å². The van der Waals surface area contributed by atoms with E-state index in [1.807, 2.05) is 6.92 Å². The second-order valence-electron chi connectivity index (χ2n) is 3.89. The molecule has 0 saturated heterocycles. The van der Waals surface area contributed by atoms with Gasteiger partial charge in [0, 0.05) is 18.2 Å². The molecule has 1 aromatic carbocycles. The van der Waals surface area contributed by atoms with E-state index in [0.717, 1.165) is 6.42 Å². The first-order chi connectivity index (χ1) is 9.60. The average molecular weight is 283 g/mol. The van der Waals surface area contributed by atoms with Crippen LogP contribution in [0.25, 0.3) is 0 Å². The maximum absolute atomic E-state index is 11.0. The van der Waals surface area contributed by atoms with Crippen LogP contribution < -0.4 is 10.5 Å². The summed E-state index contributed by atoms with van der Waals surface area (Å²) in [4.78, 5) is 10.4. The first kappa shape index (κ1) is 15.7. The topological polar surface area (TPSA) is 120 Å². The van der Waals surface area contributed by atoms with Gasteiger partial charge in [0.1, 0.15) is 6.61 Å². The molecule has 0 saturated carbocycles. The number of ether oxygens (including phenoxy) is 2. The first-order valence-corrected chi connectivity index (χ1v) is 6.07. The minimum atomic E-state index is -0.587. The highest BCUT2D eigenvalue weighted by Crippen LogP contribution is 2.27. The number of oxime groups is 1. The quantitative estimate of drug-likeness (QED) is 0.186. The third-order valence-corrected chi connectivity index (χ3v) is 2.39. The molecule has 1 rings (SSSR count). The third-order valence-electron chi connectivity index (χ3n) is 2.39. The lowest BCUT2D eigenvalue weighted by Crippen LogP contribution is -2.14. The number of hydrogen-bond donors (Lipinski definition) is 2. The second-order valence-corrected chi connectivity index (χ2v) is 3.89. The van der Waals surface area contributed by atoms with Crippen LogP contribution >= 0.6 is 0 Å². The Morgan fingerprint density at radius 2 is 2.20 bits per heavy atom. The van der Waals surface area contributed by atoms with Gasteiger partial charge in [0.2, 0.25) is 0 Å². The van der Waals surface area contributed by atoms with Crippen LogP contribution in [0.4, 0.5) is 5.69 Å². The van der Waals surface area contributed by atoms with Gasteiger partial charge in [0.15, 0.2) is 11.6 Å². The number of benzene rings is 1. The van der Waals surface area contributed by atoms with E-state index < -0.39 is 4.92 Å². The van der Waals surface area contributed by atoms with Gasteiger partial charge in [-0.05, 0) is 18.6 Å². The molecule has 1 aromatic rings. The minimum Gasteiger partial charge on any atom is -0.484 e. The number of amidine groups is 1. The highest BCUT2D eigenvalue weighted by Gasteiger charge is 2.17. The Hall–Kier alpha value is -2.35. The Labute approximate surface area is 115 Å². The predicted octanol–water partition coefficient (Wildman–Crippen LogP) is 1.49. The van der Waals surface area contributed by atoms with Gasteiger partial charge in [-0.15, -0.1) is 0 Å². The molecular formula is C12H17N3O5. The maximum Gasteiger partial charge on any atom is 0.311 e. The van der Waals surface area contributed by atoms with Crippen molar-refractivity contribution in [1.82, 2.24) is 0 Å². The summed E-state index contributed by atoms with van der Waals surface area (Å²) < 4.78 is 10.5. The Morgan fingerprint density at radius 3 is 2.80 bits per heavy atom. The van der Waals surface area contributed by atoms with Crippen LogP contribution in [0.1, 0.15) is 18.9 Å². The Bertz CT molecular complexity index is 490. The maximum atomic E-state index is 11.0. The summed E-state index contributed by atoms with van der Waals surface area (Å²) in [6, 6.07) is 4.08. The summed E-state index contributed by atoms with van der Waals surface area (Å²) in [5.41, 5.74) is 5.38. The Morgan fingerprint density at radius 1 is 1.45 bits per heavy atom. The molecule has 0 heterocycles. The molecule has 8 heteroatoms. The van der Waals surface area contributed by atoms with Crippen molar-refractivity contribution in [2.45, 2.75) is 13.3 Å². The van der Waals surface area contributed by atoms with Crippen molar-refractivity contribution in [2.24, 2.45) is 10.9 Å². The van der Waals surface area contributed by atoms with E-state index in [1.165, 1.54) is 18.2 Å². The lowest BCUT2D eigenvalue weighted by Gasteiger charge is -2.08. The number of hydrogen-bond acceptors (Lipinski definition) is 6. The number of rotatable bonds is 8. The molecular weight excluding hydrogens is 266 g/mol. The van der Waals surface area contributed by atoms with Crippen molar-refractivity contribution < 1.29 is 19.6 Å². The lowest BCUT2D eigenvalue weighted by molar-refractivity contribution is -0.385. The zero-order valence-electron chi connectivity index (χ0n) is 11.1. The molecule has 0 aliphatic rings. The zero-order valence-corrected chi connectivity index (χ0v) is 11.1. The van der Waals surface area contributed by atoms with Crippen LogP contribution in [0.5, 0.6) is 5.75 Å². The van der Waals surface area contributed by atoms with Crippen molar-refractivity contribution in [3.8, 4) is 5.75 Å². The van der Waals surface area contributed by atoms with Gasteiger partial charge in [-0.3, -0.25) is 10.1 Å². The van der Waals surface area contributed by atoms with Gasteiger partial charge >= 0.3 is 5.69 Å². The van der Waals surface area contributed by atoms with E-state index in [4.69, 9.17) is 20.4 Å². The van der Waals surface area contributed by atoms with Gasteiger partial charge in [0.05, 0.1) is 11.5 Å². The number of nitrogens with zero attached hydrogens (tertiary/aromatic N) is 2. The van der Waals surface area contributed by atoms with Gasteiger partial charge in [-0.1, -0.05) is 12.1 Å². The smallest absolute Gasteiger partial charge is 0.311 e. The van der Waals surface area contributed by atoms with Crippen LogP contribution in [-0.4, -0.2) is 35.8 Å².